The van der Waals surface area contributed by atoms with Crippen molar-refractivity contribution in [3.8, 4) is 16.9 Å². The van der Waals surface area contributed by atoms with Gasteiger partial charge in [-0.25, -0.2) is 9.97 Å². The number of carbonyl (C=O) groups excluding carboxylic acids is 1. The maximum absolute atomic E-state index is 12.7. The van der Waals surface area contributed by atoms with Crippen LogP contribution in [0.15, 0.2) is 48.9 Å². The van der Waals surface area contributed by atoms with Crippen LogP contribution in [0.1, 0.15) is 28.9 Å². The fourth-order valence-electron chi connectivity index (χ4n) is 3.23. The lowest BCUT2D eigenvalue weighted by atomic mass is 10.1. The Morgan fingerprint density at radius 2 is 1.68 bits per heavy atom. The average molecular weight is 375 g/mol. The first-order valence-electron chi connectivity index (χ1n) is 9.24. The third-order valence-corrected chi connectivity index (χ3v) is 4.82. The van der Waals surface area contributed by atoms with Gasteiger partial charge in [0.05, 0.1) is 23.1 Å². The lowest BCUT2D eigenvalue weighted by Crippen LogP contribution is -2.28. The molecule has 1 aliphatic heterocycles. The Morgan fingerprint density at radius 1 is 1.00 bits per heavy atom. The highest BCUT2D eigenvalue weighted by atomic mass is 16.3. The van der Waals surface area contributed by atoms with E-state index in [1.54, 1.807) is 48.9 Å². The molecule has 7 nitrogen and oxygen atoms in total. The van der Waals surface area contributed by atoms with Crippen molar-refractivity contribution in [1.29, 1.82) is 0 Å². The summed E-state index contributed by atoms with van der Waals surface area (Å²) in [5.74, 6) is 0.664. The molecule has 1 saturated heterocycles. The molecule has 0 spiro atoms. The summed E-state index contributed by atoms with van der Waals surface area (Å²) in [7, 11) is 0. The van der Waals surface area contributed by atoms with Crippen molar-refractivity contribution in [1.82, 2.24) is 19.9 Å². The Hall–Kier alpha value is -3.48. The molecule has 1 aromatic carbocycles. The number of anilines is 2. The van der Waals surface area contributed by atoms with Crippen LogP contribution in [0.2, 0.25) is 0 Å². The number of nitrogens with zero attached hydrogens (tertiary/aromatic N) is 4. The Bertz CT molecular complexity index is 981. The topological polar surface area (TPSA) is 91.2 Å². The zero-order valence-corrected chi connectivity index (χ0v) is 15.6. The van der Waals surface area contributed by atoms with E-state index in [1.807, 2.05) is 11.8 Å². The number of nitrogens with one attached hydrogen (secondary N) is 1. The standard InChI is InChI=1S/C21H21N5O2/c1-14-19(20(28)26-8-2-3-9-26)10-17(13-22-14)25-21-23-11-16(12-24-21)15-4-6-18(27)7-5-15/h4-7,10-13,27H,2-3,8-9H2,1H3,(H,23,24,25). The summed E-state index contributed by atoms with van der Waals surface area (Å²) in [5.41, 5.74) is 3.75. The third kappa shape index (κ3) is 3.78. The van der Waals surface area contributed by atoms with E-state index in [9.17, 15) is 9.90 Å². The van der Waals surface area contributed by atoms with E-state index < -0.39 is 0 Å². The quantitative estimate of drug-likeness (QED) is 0.725. The molecule has 0 aliphatic carbocycles. The van der Waals surface area contributed by atoms with Crippen LogP contribution < -0.4 is 5.32 Å². The summed E-state index contributed by atoms with van der Waals surface area (Å²) in [5, 5.41) is 12.5. The van der Waals surface area contributed by atoms with E-state index in [2.05, 4.69) is 20.3 Å². The SMILES string of the molecule is Cc1ncc(Nc2ncc(-c3ccc(O)cc3)cn2)cc1C(=O)N1CCCC1. The van der Waals surface area contributed by atoms with Crippen molar-refractivity contribution in [3.63, 3.8) is 0 Å². The van der Waals surface area contributed by atoms with Crippen molar-refractivity contribution in [3.05, 3.63) is 60.2 Å². The molecule has 3 heterocycles. The van der Waals surface area contributed by atoms with Crippen molar-refractivity contribution in [2.75, 3.05) is 18.4 Å². The fourth-order valence-corrected chi connectivity index (χ4v) is 3.23. The van der Waals surface area contributed by atoms with Crippen LogP contribution in [0.4, 0.5) is 11.6 Å². The number of phenolic OH excluding ortho intramolecular Hbond substituents is 1. The number of hydrogen-bond acceptors (Lipinski definition) is 6. The molecule has 2 aromatic heterocycles. The highest BCUT2D eigenvalue weighted by molar-refractivity contribution is 5.96. The number of hydrogen-bond donors (Lipinski definition) is 2. The van der Waals surface area contributed by atoms with Gasteiger partial charge < -0.3 is 15.3 Å². The van der Waals surface area contributed by atoms with Crippen LogP contribution >= 0.6 is 0 Å². The minimum absolute atomic E-state index is 0.0229. The molecule has 1 amide bonds. The van der Waals surface area contributed by atoms with E-state index in [0.29, 0.717) is 22.9 Å². The summed E-state index contributed by atoms with van der Waals surface area (Å²) in [6, 6.07) is 8.67. The first kappa shape index (κ1) is 17.9. The number of carbonyl (C=O) groups is 1. The molecule has 0 radical (unpaired) electrons. The van der Waals surface area contributed by atoms with Crippen LogP contribution in [0.3, 0.4) is 0 Å². The van der Waals surface area contributed by atoms with E-state index in [-0.39, 0.29) is 11.7 Å². The molecule has 7 heteroatoms. The maximum atomic E-state index is 12.7. The summed E-state index contributed by atoms with van der Waals surface area (Å²) in [6.07, 6.45) is 7.20. The highest BCUT2D eigenvalue weighted by Crippen LogP contribution is 2.23. The van der Waals surface area contributed by atoms with Gasteiger partial charge in [-0.05, 0) is 43.5 Å². The molecule has 0 saturated carbocycles. The molecule has 2 N–H and O–H groups in total. The monoisotopic (exact) mass is 375 g/mol. The second-order valence-electron chi connectivity index (χ2n) is 6.82. The van der Waals surface area contributed by atoms with Crippen LogP contribution in [0.25, 0.3) is 11.1 Å². The Balaban J connectivity index is 1.51. The molecule has 3 aromatic rings. The highest BCUT2D eigenvalue weighted by Gasteiger charge is 2.21. The number of rotatable bonds is 4. The van der Waals surface area contributed by atoms with Gasteiger partial charge in [0.2, 0.25) is 5.95 Å². The molecule has 28 heavy (non-hydrogen) atoms. The number of aromatic nitrogens is 3. The predicted octanol–water partition coefficient (Wildman–Crippen LogP) is 3.53. The lowest BCUT2D eigenvalue weighted by molar-refractivity contribution is 0.0791. The summed E-state index contributed by atoms with van der Waals surface area (Å²) < 4.78 is 0. The number of aryl methyl sites for hydroxylation is 1. The average Bonchev–Trinajstić information content (AvgIpc) is 3.25. The number of pyridine rings is 1. The van der Waals surface area contributed by atoms with E-state index in [0.717, 1.165) is 37.1 Å². The van der Waals surface area contributed by atoms with Crippen LogP contribution in [0.5, 0.6) is 5.75 Å². The molecule has 142 valence electrons. The van der Waals surface area contributed by atoms with Gasteiger partial charge in [0, 0.05) is 31.0 Å². The van der Waals surface area contributed by atoms with Gasteiger partial charge in [-0.1, -0.05) is 12.1 Å². The van der Waals surface area contributed by atoms with Gasteiger partial charge in [0.1, 0.15) is 5.75 Å². The second kappa shape index (κ2) is 7.64. The zero-order valence-electron chi connectivity index (χ0n) is 15.6. The molecular formula is C21H21N5O2. The van der Waals surface area contributed by atoms with Gasteiger partial charge in [0.15, 0.2) is 0 Å². The molecule has 1 fully saturated rings. The minimum atomic E-state index is 0.0229. The Labute approximate surface area is 163 Å². The van der Waals surface area contributed by atoms with Crippen molar-refractivity contribution in [2.45, 2.75) is 19.8 Å². The minimum Gasteiger partial charge on any atom is -0.508 e. The van der Waals surface area contributed by atoms with Crippen LogP contribution in [0, 0.1) is 6.92 Å². The summed E-state index contributed by atoms with van der Waals surface area (Å²) in [4.78, 5) is 27.6. The normalized spacial score (nSPS) is 13.5. The number of phenols is 1. The smallest absolute Gasteiger partial charge is 0.255 e. The van der Waals surface area contributed by atoms with Crippen molar-refractivity contribution >= 4 is 17.5 Å². The molecule has 1 aliphatic rings. The number of benzene rings is 1. The Kier molecular flexibility index (Phi) is 4.89. The van der Waals surface area contributed by atoms with E-state index in [1.165, 1.54) is 0 Å². The first-order valence-corrected chi connectivity index (χ1v) is 9.24. The summed E-state index contributed by atoms with van der Waals surface area (Å²) in [6.45, 7) is 3.45. The van der Waals surface area contributed by atoms with Gasteiger partial charge in [0.25, 0.3) is 5.91 Å². The van der Waals surface area contributed by atoms with Crippen LogP contribution in [-0.2, 0) is 0 Å². The van der Waals surface area contributed by atoms with E-state index in [4.69, 9.17) is 0 Å². The number of amides is 1. The van der Waals surface area contributed by atoms with Crippen molar-refractivity contribution < 1.29 is 9.90 Å². The number of aromatic hydroxyl groups is 1. The maximum Gasteiger partial charge on any atom is 0.255 e. The fraction of sp³-hybridized carbons (Fsp3) is 0.238. The van der Waals surface area contributed by atoms with Gasteiger partial charge in [-0.3, -0.25) is 9.78 Å². The molecule has 0 atom stereocenters. The molecule has 4 rings (SSSR count). The van der Waals surface area contributed by atoms with Gasteiger partial charge in [-0.15, -0.1) is 0 Å². The predicted molar refractivity (Wildman–Crippen MR) is 107 cm³/mol. The second-order valence-corrected chi connectivity index (χ2v) is 6.82. The Morgan fingerprint density at radius 3 is 2.36 bits per heavy atom. The molecule has 0 bridgehead atoms. The van der Waals surface area contributed by atoms with Crippen molar-refractivity contribution in [2.24, 2.45) is 0 Å². The molecule has 0 unspecified atom stereocenters. The number of likely N-dealkylation sites (tertiary alicyclic amines) is 1. The lowest BCUT2D eigenvalue weighted by Gasteiger charge is -2.17. The first-order chi connectivity index (χ1) is 13.6. The third-order valence-electron chi connectivity index (χ3n) is 4.82. The van der Waals surface area contributed by atoms with Gasteiger partial charge >= 0.3 is 0 Å². The molecular weight excluding hydrogens is 354 g/mol. The van der Waals surface area contributed by atoms with Crippen LogP contribution in [-0.4, -0.2) is 44.0 Å². The largest absolute Gasteiger partial charge is 0.508 e. The summed E-state index contributed by atoms with van der Waals surface area (Å²) >= 11 is 0. The van der Waals surface area contributed by atoms with Gasteiger partial charge in [-0.2, -0.15) is 0 Å². The van der Waals surface area contributed by atoms with E-state index >= 15 is 0 Å². The zero-order chi connectivity index (χ0) is 19.5.